The van der Waals surface area contributed by atoms with Crippen LogP contribution in [0.25, 0.3) is 6.08 Å². The van der Waals surface area contributed by atoms with E-state index in [1.165, 1.54) is 6.08 Å². The summed E-state index contributed by atoms with van der Waals surface area (Å²) in [6, 6.07) is 23.6. The molecular formula is C25H21ClN2O3. The van der Waals surface area contributed by atoms with Crippen molar-refractivity contribution < 1.29 is 14.3 Å². The Bertz CT molecular complexity index is 1120. The average Bonchev–Trinajstić information content (AvgIpc) is 2.78. The van der Waals surface area contributed by atoms with E-state index in [-0.39, 0.29) is 12.2 Å². The molecule has 1 amide bonds. The molecule has 0 radical (unpaired) electrons. The SMILES string of the molecule is CCOc1cc(/C=C(/C#N)C(=O)Nc2ccccc2)ccc1OCc1ccccc1Cl. The number of ether oxygens (including phenoxy) is 2. The molecule has 0 aliphatic carbocycles. The number of para-hydroxylation sites is 1. The maximum absolute atomic E-state index is 12.4. The molecule has 5 nitrogen and oxygen atoms in total. The summed E-state index contributed by atoms with van der Waals surface area (Å²) in [4.78, 5) is 12.4. The van der Waals surface area contributed by atoms with E-state index in [4.69, 9.17) is 21.1 Å². The van der Waals surface area contributed by atoms with Crippen molar-refractivity contribution in [2.75, 3.05) is 11.9 Å². The van der Waals surface area contributed by atoms with E-state index in [0.717, 1.165) is 5.56 Å². The second-order valence-electron chi connectivity index (χ2n) is 6.51. The molecule has 6 heteroatoms. The highest BCUT2D eigenvalue weighted by atomic mass is 35.5. The summed E-state index contributed by atoms with van der Waals surface area (Å²) >= 11 is 6.19. The van der Waals surface area contributed by atoms with Crippen LogP contribution < -0.4 is 14.8 Å². The average molecular weight is 433 g/mol. The maximum atomic E-state index is 12.4. The van der Waals surface area contributed by atoms with Crippen LogP contribution in [0.4, 0.5) is 5.69 Å². The Balaban J connectivity index is 1.79. The predicted molar refractivity (Wildman–Crippen MR) is 122 cm³/mol. The molecule has 0 saturated heterocycles. The number of rotatable bonds is 8. The molecule has 156 valence electrons. The van der Waals surface area contributed by atoms with Crippen LogP contribution in [-0.2, 0) is 11.4 Å². The van der Waals surface area contributed by atoms with Crippen molar-refractivity contribution in [2.24, 2.45) is 0 Å². The Kier molecular flexibility index (Phi) is 7.69. The Hall–Kier alpha value is -3.75. The monoisotopic (exact) mass is 432 g/mol. The van der Waals surface area contributed by atoms with E-state index in [9.17, 15) is 10.1 Å². The lowest BCUT2D eigenvalue weighted by Gasteiger charge is -2.13. The van der Waals surface area contributed by atoms with E-state index in [0.29, 0.717) is 34.4 Å². The van der Waals surface area contributed by atoms with Gasteiger partial charge in [0.05, 0.1) is 6.61 Å². The Labute approximate surface area is 186 Å². The molecule has 3 aromatic carbocycles. The lowest BCUT2D eigenvalue weighted by Crippen LogP contribution is -2.13. The predicted octanol–water partition coefficient (Wildman–Crippen LogP) is 5.86. The Morgan fingerprint density at radius 3 is 2.48 bits per heavy atom. The van der Waals surface area contributed by atoms with Gasteiger partial charge in [0.15, 0.2) is 11.5 Å². The lowest BCUT2D eigenvalue weighted by atomic mass is 10.1. The summed E-state index contributed by atoms with van der Waals surface area (Å²) in [6.45, 7) is 2.60. The molecule has 3 aromatic rings. The number of carbonyl (C=O) groups is 1. The fourth-order valence-corrected chi connectivity index (χ4v) is 3.00. The first kappa shape index (κ1) is 21.9. The third-order valence-corrected chi connectivity index (χ3v) is 4.69. The van der Waals surface area contributed by atoms with Crippen molar-refractivity contribution in [3.8, 4) is 17.6 Å². The van der Waals surface area contributed by atoms with Gasteiger partial charge >= 0.3 is 0 Å². The number of anilines is 1. The summed E-state index contributed by atoms with van der Waals surface area (Å²) in [6.07, 6.45) is 1.51. The third-order valence-electron chi connectivity index (χ3n) is 4.32. The molecular weight excluding hydrogens is 412 g/mol. The second-order valence-corrected chi connectivity index (χ2v) is 6.92. The van der Waals surface area contributed by atoms with Gasteiger partial charge in [0.25, 0.3) is 5.91 Å². The largest absolute Gasteiger partial charge is 0.490 e. The van der Waals surface area contributed by atoms with Crippen molar-refractivity contribution in [3.05, 3.63) is 94.5 Å². The normalized spacial score (nSPS) is 10.8. The molecule has 0 bridgehead atoms. The van der Waals surface area contributed by atoms with Crippen molar-refractivity contribution in [1.29, 1.82) is 5.26 Å². The molecule has 0 heterocycles. The van der Waals surface area contributed by atoms with Crippen LogP contribution >= 0.6 is 11.6 Å². The summed E-state index contributed by atoms with van der Waals surface area (Å²) in [5.41, 5.74) is 2.11. The van der Waals surface area contributed by atoms with Gasteiger partial charge in [-0.2, -0.15) is 5.26 Å². The lowest BCUT2D eigenvalue weighted by molar-refractivity contribution is -0.112. The van der Waals surface area contributed by atoms with Gasteiger partial charge in [-0.25, -0.2) is 0 Å². The maximum Gasteiger partial charge on any atom is 0.266 e. The topological polar surface area (TPSA) is 71.3 Å². The number of carbonyl (C=O) groups excluding carboxylic acids is 1. The zero-order valence-corrected chi connectivity index (χ0v) is 17.7. The van der Waals surface area contributed by atoms with Gasteiger partial charge < -0.3 is 14.8 Å². The van der Waals surface area contributed by atoms with Crippen LogP contribution in [0.1, 0.15) is 18.1 Å². The van der Waals surface area contributed by atoms with E-state index < -0.39 is 5.91 Å². The van der Waals surface area contributed by atoms with Crippen LogP contribution in [0.3, 0.4) is 0 Å². The van der Waals surface area contributed by atoms with Gasteiger partial charge in [-0.3, -0.25) is 4.79 Å². The molecule has 1 N–H and O–H groups in total. The van der Waals surface area contributed by atoms with Crippen LogP contribution in [-0.4, -0.2) is 12.5 Å². The molecule has 3 rings (SSSR count). The molecule has 0 saturated carbocycles. The first-order valence-corrected chi connectivity index (χ1v) is 10.1. The van der Waals surface area contributed by atoms with Crippen molar-refractivity contribution in [2.45, 2.75) is 13.5 Å². The number of halogens is 1. The number of nitriles is 1. The molecule has 0 aliphatic heterocycles. The van der Waals surface area contributed by atoms with Gasteiger partial charge in [-0.1, -0.05) is 54.1 Å². The van der Waals surface area contributed by atoms with Gasteiger partial charge in [-0.05, 0) is 48.9 Å². The molecule has 0 atom stereocenters. The molecule has 0 unspecified atom stereocenters. The smallest absolute Gasteiger partial charge is 0.266 e. The fraction of sp³-hybridized carbons (Fsp3) is 0.120. The second kappa shape index (κ2) is 10.9. The van der Waals surface area contributed by atoms with Crippen molar-refractivity contribution in [3.63, 3.8) is 0 Å². The number of nitrogens with one attached hydrogen (secondary N) is 1. The number of hydrogen-bond acceptors (Lipinski definition) is 4. The van der Waals surface area contributed by atoms with Crippen molar-refractivity contribution in [1.82, 2.24) is 0 Å². The minimum Gasteiger partial charge on any atom is -0.490 e. The van der Waals surface area contributed by atoms with E-state index in [2.05, 4.69) is 5.32 Å². The van der Waals surface area contributed by atoms with Gasteiger partial charge in [0, 0.05) is 16.3 Å². The summed E-state index contributed by atoms with van der Waals surface area (Å²) in [7, 11) is 0. The van der Waals surface area contributed by atoms with Gasteiger partial charge in [-0.15, -0.1) is 0 Å². The van der Waals surface area contributed by atoms with Crippen LogP contribution in [0.5, 0.6) is 11.5 Å². The molecule has 0 fully saturated rings. The van der Waals surface area contributed by atoms with Gasteiger partial charge in [0.2, 0.25) is 0 Å². The third kappa shape index (κ3) is 6.11. The van der Waals surface area contributed by atoms with E-state index in [1.807, 2.05) is 43.3 Å². The van der Waals surface area contributed by atoms with E-state index in [1.54, 1.807) is 42.5 Å². The van der Waals surface area contributed by atoms with Gasteiger partial charge in [0.1, 0.15) is 18.2 Å². The van der Waals surface area contributed by atoms with Crippen LogP contribution in [0.2, 0.25) is 5.02 Å². The molecule has 0 aliphatic rings. The highest BCUT2D eigenvalue weighted by molar-refractivity contribution is 6.31. The molecule has 31 heavy (non-hydrogen) atoms. The number of nitrogens with zero attached hydrogens (tertiary/aromatic N) is 1. The Morgan fingerprint density at radius 1 is 1.03 bits per heavy atom. The van der Waals surface area contributed by atoms with Crippen molar-refractivity contribution >= 4 is 29.3 Å². The number of hydrogen-bond donors (Lipinski definition) is 1. The minimum absolute atomic E-state index is 0.0176. The number of benzene rings is 3. The summed E-state index contributed by atoms with van der Waals surface area (Å²) in [5, 5.41) is 12.8. The fourth-order valence-electron chi connectivity index (χ4n) is 2.81. The zero-order chi connectivity index (χ0) is 22.1. The highest BCUT2D eigenvalue weighted by Gasteiger charge is 2.12. The molecule has 0 spiro atoms. The van der Waals surface area contributed by atoms with Crippen LogP contribution in [0.15, 0.2) is 78.4 Å². The minimum atomic E-state index is -0.481. The quantitative estimate of drug-likeness (QED) is 0.357. The summed E-state index contributed by atoms with van der Waals surface area (Å²) in [5.74, 6) is 0.584. The van der Waals surface area contributed by atoms with E-state index >= 15 is 0 Å². The Morgan fingerprint density at radius 2 is 1.77 bits per heavy atom. The summed E-state index contributed by atoms with van der Waals surface area (Å²) < 4.78 is 11.6. The highest BCUT2D eigenvalue weighted by Crippen LogP contribution is 2.31. The standard InChI is InChI=1S/C25H21ClN2O3/c1-2-30-24-15-18(12-13-23(24)31-17-19-8-6-7-11-22(19)26)14-20(16-27)25(29)28-21-9-4-3-5-10-21/h3-15H,2,17H2,1H3,(H,28,29)/b20-14-. The first-order chi connectivity index (χ1) is 15.1. The first-order valence-electron chi connectivity index (χ1n) is 9.72. The molecule has 0 aromatic heterocycles. The zero-order valence-electron chi connectivity index (χ0n) is 17.0. The number of amides is 1. The van der Waals surface area contributed by atoms with Crippen LogP contribution in [0, 0.1) is 11.3 Å².